The standard InChI is InChI=1S/2C8H14O2/c1-6-4-5-7(2)10-8(6,3)9;1-6(8(3)10)4-5-7(2)9/h6,9H,2,4-5H2,1,3H3;6H,4-5H2,1-3H3. The fraction of sp³-hybridized carbons (Fsp3) is 0.750. The van der Waals surface area contributed by atoms with Crippen LogP contribution in [0, 0.1) is 11.8 Å². The van der Waals surface area contributed by atoms with Crippen LogP contribution < -0.4 is 0 Å². The topological polar surface area (TPSA) is 63.6 Å². The number of ketones is 2. The molecule has 1 heterocycles. The highest BCUT2D eigenvalue weighted by atomic mass is 16.6. The average Bonchev–Trinajstić information content (AvgIpc) is 2.31. The Morgan fingerprint density at radius 1 is 1.50 bits per heavy atom. The predicted molar refractivity (Wildman–Crippen MR) is 79.0 cm³/mol. The summed E-state index contributed by atoms with van der Waals surface area (Å²) in [6, 6.07) is 0. The molecule has 116 valence electrons. The lowest BCUT2D eigenvalue weighted by Crippen LogP contribution is -2.38. The zero-order chi connectivity index (χ0) is 15.9. The van der Waals surface area contributed by atoms with E-state index in [9.17, 15) is 14.7 Å². The van der Waals surface area contributed by atoms with Gasteiger partial charge in [-0.1, -0.05) is 20.4 Å². The van der Waals surface area contributed by atoms with Crippen LogP contribution in [0.4, 0.5) is 0 Å². The van der Waals surface area contributed by atoms with E-state index in [2.05, 4.69) is 6.58 Å². The van der Waals surface area contributed by atoms with E-state index in [0.717, 1.165) is 12.8 Å². The average molecular weight is 284 g/mol. The van der Waals surface area contributed by atoms with Crippen LogP contribution in [0.15, 0.2) is 12.3 Å². The van der Waals surface area contributed by atoms with E-state index >= 15 is 0 Å². The van der Waals surface area contributed by atoms with Gasteiger partial charge in [-0.15, -0.1) is 0 Å². The molecule has 1 aliphatic heterocycles. The Morgan fingerprint density at radius 2 is 2.05 bits per heavy atom. The van der Waals surface area contributed by atoms with Crippen molar-refractivity contribution in [1.29, 1.82) is 0 Å². The quantitative estimate of drug-likeness (QED) is 0.860. The molecule has 0 spiro atoms. The summed E-state index contributed by atoms with van der Waals surface area (Å²) in [5.74, 6) is 0.286. The van der Waals surface area contributed by atoms with Crippen LogP contribution in [-0.2, 0) is 14.3 Å². The first-order valence-corrected chi connectivity index (χ1v) is 7.15. The van der Waals surface area contributed by atoms with Crippen molar-refractivity contribution in [3.63, 3.8) is 0 Å². The number of rotatable bonds is 4. The first-order chi connectivity index (χ1) is 9.06. The minimum Gasteiger partial charge on any atom is -0.468 e. The second-order valence-corrected chi connectivity index (χ2v) is 5.89. The zero-order valence-corrected chi connectivity index (χ0v) is 13.4. The number of carbonyl (C=O) groups is 2. The summed E-state index contributed by atoms with van der Waals surface area (Å²) in [5.41, 5.74) is 0. The zero-order valence-electron chi connectivity index (χ0n) is 13.4. The molecule has 1 saturated heterocycles. The molecule has 4 nitrogen and oxygen atoms in total. The molecule has 1 aliphatic rings. The lowest BCUT2D eigenvalue weighted by Gasteiger charge is -2.36. The van der Waals surface area contributed by atoms with Crippen LogP contribution in [0.5, 0.6) is 0 Å². The fourth-order valence-corrected chi connectivity index (χ4v) is 1.71. The maximum Gasteiger partial charge on any atom is 0.207 e. The highest BCUT2D eigenvalue weighted by Gasteiger charge is 2.34. The van der Waals surface area contributed by atoms with Crippen LogP contribution in [0.2, 0.25) is 0 Å². The molecular weight excluding hydrogens is 256 g/mol. The SMILES string of the molecule is C=C1CCC(C)C(C)(O)O1.CC(=O)CCC(C)C(C)=O. The van der Waals surface area contributed by atoms with Gasteiger partial charge in [0.2, 0.25) is 5.79 Å². The highest BCUT2D eigenvalue weighted by molar-refractivity contribution is 5.79. The molecule has 0 aliphatic carbocycles. The maximum atomic E-state index is 10.6. The first-order valence-electron chi connectivity index (χ1n) is 7.15. The summed E-state index contributed by atoms with van der Waals surface area (Å²) in [4.78, 5) is 21.1. The van der Waals surface area contributed by atoms with Gasteiger partial charge in [-0.2, -0.15) is 0 Å². The van der Waals surface area contributed by atoms with Crippen molar-refractivity contribution in [3.05, 3.63) is 12.3 Å². The molecule has 4 heteroatoms. The molecule has 0 saturated carbocycles. The molecule has 0 amide bonds. The Bertz CT molecular complexity index is 357. The molecular formula is C16H28O4. The van der Waals surface area contributed by atoms with E-state index in [-0.39, 0.29) is 23.4 Å². The van der Waals surface area contributed by atoms with Crippen LogP contribution >= 0.6 is 0 Å². The summed E-state index contributed by atoms with van der Waals surface area (Å²) in [5, 5.41) is 9.53. The molecule has 3 unspecified atom stereocenters. The second kappa shape index (κ2) is 8.20. The van der Waals surface area contributed by atoms with Gasteiger partial charge in [-0.05, 0) is 26.7 Å². The summed E-state index contributed by atoms with van der Waals surface area (Å²) in [7, 11) is 0. The molecule has 0 aromatic heterocycles. The number of hydrogen-bond donors (Lipinski definition) is 1. The van der Waals surface area contributed by atoms with Gasteiger partial charge in [0.15, 0.2) is 0 Å². The molecule has 20 heavy (non-hydrogen) atoms. The third-order valence-electron chi connectivity index (χ3n) is 3.74. The van der Waals surface area contributed by atoms with E-state index < -0.39 is 5.79 Å². The third-order valence-corrected chi connectivity index (χ3v) is 3.74. The van der Waals surface area contributed by atoms with Crippen LogP contribution in [0.3, 0.4) is 0 Å². The van der Waals surface area contributed by atoms with Gasteiger partial charge in [0.05, 0.1) is 5.76 Å². The van der Waals surface area contributed by atoms with Gasteiger partial charge < -0.3 is 14.6 Å². The van der Waals surface area contributed by atoms with E-state index in [0.29, 0.717) is 18.6 Å². The van der Waals surface area contributed by atoms with E-state index in [1.54, 1.807) is 20.8 Å². The van der Waals surface area contributed by atoms with Crippen LogP contribution in [-0.4, -0.2) is 22.5 Å². The maximum absolute atomic E-state index is 10.6. The van der Waals surface area contributed by atoms with Gasteiger partial charge in [-0.25, -0.2) is 0 Å². The normalized spacial score (nSPS) is 26.9. The Morgan fingerprint density at radius 3 is 2.40 bits per heavy atom. The molecule has 1 N–H and O–H groups in total. The summed E-state index contributed by atoms with van der Waals surface area (Å²) in [6.07, 6.45) is 3.06. The Kier molecular flexibility index (Phi) is 7.72. The third kappa shape index (κ3) is 7.43. The van der Waals surface area contributed by atoms with Crippen LogP contribution in [0.25, 0.3) is 0 Å². The van der Waals surface area contributed by atoms with Crippen molar-refractivity contribution < 1.29 is 19.4 Å². The number of Topliss-reactive ketones (excluding diaryl/α,β-unsaturated/α-hetero) is 2. The Balaban J connectivity index is 0.000000361. The first kappa shape index (κ1) is 18.8. The summed E-state index contributed by atoms with van der Waals surface area (Å²) < 4.78 is 5.15. The number of hydrogen-bond acceptors (Lipinski definition) is 4. The molecule has 0 aromatic rings. The van der Waals surface area contributed by atoms with Crippen molar-refractivity contribution in [1.82, 2.24) is 0 Å². The lowest BCUT2D eigenvalue weighted by atomic mass is 9.93. The second-order valence-electron chi connectivity index (χ2n) is 5.89. The smallest absolute Gasteiger partial charge is 0.207 e. The lowest BCUT2D eigenvalue weighted by molar-refractivity contribution is -0.213. The van der Waals surface area contributed by atoms with Gasteiger partial charge in [0, 0.05) is 31.6 Å². The molecule has 0 radical (unpaired) electrons. The van der Waals surface area contributed by atoms with Crippen LogP contribution in [0.1, 0.15) is 60.3 Å². The van der Waals surface area contributed by atoms with E-state index in [1.165, 1.54) is 0 Å². The summed E-state index contributed by atoms with van der Waals surface area (Å²) in [6.45, 7) is 12.3. The van der Waals surface area contributed by atoms with Gasteiger partial charge in [0.1, 0.15) is 11.6 Å². The van der Waals surface area contributed by atoms with Gasteiger partial charge in [0.25, 0.3) is 0 Å². The fourth-order valence-electron chi connectivity index (χ4n) is 1.71. The Labute approximate surface area is 122 Å². The molecule has 3 atom stereocenters. The number of carbonyl (C=O) groups excluding carboxylic acids is 2. The van der Waals surface area contributed by atoms with Crippen molar-refractivity contribution in [2.45, 2.75) is 66.1 Å². The molecule has 0 aromatic carbocycles. The molecule has 1 rings (SSSR count). The van der Waals surface area contributed by atoms with Crippen molar-refractivity contribution in [2.75, 3.05) is 0 Å². The van der Waals surface area contributed by atoms with Gasteiger partial charge in [-0.3, -0.25) is 4.79 Å². The number of aliphatic hydroxyl groups is 1. The van der Waals surface area contributed by atoms with Gasteiger partial charge >= 0.3 is 0 Å². The van der Waals surface area contributed by atoms with Crippen molar-refractivity contribution in [3.8, 4) is 0 Å². The summed E-state index contributed by atoms with van der Waals surface area (Å²) >= 11 is 0. The highest BCUT2D eigenvalue weighted by Crippen LogP contribution is 2.32. The van der Waals surface area contributed by atoms with E-state index in [1.807, 2.05) is 13.8 Å². The van der Waals surface area contributed by atoms with E-state index in [4.69, 9.17) is 4.74 Å². The Hall–Kier alpha value is -1.16. The minimum absolute atomic E-state index is 0.0453. The largest absolute Gasteiger partial charge is 0.468 e. The molecule has 1 fully saturated rings. The minimum atomic E-state index is -0.991. The monoisotopic (exact) mass is 284 g/mol. The predicted octanol–water partition coefficient (Wildman–Crippen LogP) is 3.24. The van der Waals surface area contributed by atoms with Crippen molar-refractivity contribution >= 4 is 11.6 Å². The molecule has 0 bridgehead atoms. The van der Waals surface area contributed by atoms with Crippen molar-refractivity contribution in [2.24, 2.45) is 11.8 Å². The number of ether oxygens (including phenoxy) is 1. The number of allylic oxidation sites excluding steroid dienone is 1.